The first-order valence-corrected chi connectivity index (χ1v) is 8.29. The van der Waals surface area contributed by atoms with Gasteiger partial charge in [0.15, 0.2) is 5.65 Å². The first-order chi connectivity index (χ1) is 12.1. The quantitative estimate of drug-likeness (QED) is 0.665. The number of halogens is 2. The molecule has 0 fully saturated rings. The maximum absolute atomic E-state index is 12.4. The van der Waals surface area contributed by atoms with Crippen molar-refractivity contribution in [3.05, 3.63) is 46.3 Å². The molecule has 0 saturated heterocycles. The van der Waals surface area contributed by atoms with Gasteiger partial charge in [0.1, 0.15) is 12.0 Å². The minimum atomic E-state index is -0.291. The van der Waals surface area contributed by atoms with Crippen LogP contribution in [0.1, 0.15) is 16.9 Å². The van der Waals surface area contributed by atoms with Crippen LogP contribution in [0.4, 0.5) is 0 Å². The van der Waals surface area contributed by atoms with Crippen molar-refractivity contribution in [2.45, 2.75) is 6.42 Å². The topological polar surface area (TPSA) is 81.4 Å². The van der Waals surface area contributed by atoms with Gasteiger partial charge in [0.05, 0.1) is 0 Å². The molecule has 3 aromatic rings. The maximum atomic E-state index is 12.4. The SMILES string of the molecule is COCCCNC(=O)c1cc(-c2cc(Cl)cc(Cl)c2)c2nncn2n1. The molecule has 2 aromatic heterocycles. The van der Waals surface area contributed by atoms with E-state index >= 15 is 0 Å². The van der Waals surface area contributed by atoms with Gasteiger partial charge in [-0.2, -0.15) is 9.61 Å². The number of aromatic nitrogens is 4. The summed E-state index contributed by atoms with van der Waals surface area (Å²) >= 11 is 12.2. The van der Waals surface area contributed by atoms with E-state index in [-0.39, 0.29) is 11.6 Å². The molecule has 1 amide bonds. The van der Waals surface area contributed by atoms with Crippen molar-refractivity contribution in [3.8, 4) is 11.1 Å². The molecule has 0 radical (unpaired) electrons. The molecular formula is C16H15Cl2N5O2. The lowest BCUT2D eigenvalue weighted by molar-refractivity contribution is 0.0942. The van der Waals surface area contributed by atoms with Crippen molar-refractivity contribution in [1.29, 1.82) is 0 Å². The van der Waals surface area contributed by atoms with E-state index in [1.54, 1.807) is 31.4 Å². The van der Waals surface area contributed by atoms with Crippen molar-refractivity contribution < 1.29 is 9.53 Å². The van der Waals surface area contributed by atoms with Gasteiger partial charge in [-0.1, -0.05) is 23.2 Å². The summed E-state index contributed by atoms with van der Waals surface area (Å²) in [5.74, 6) is -0.291. The fourth-order valence-corrected chi connectivity index (χ4v) is 2.89. The molecule has 2 heterocycles. The number of carbonyl (C=O) groups excluding carboxylic acids is 1. The predicted octanol–water partition coefficient (Wildman–Crippen LogP) is 2.86. The Bertz CT molecular complexity index is 892. The van der Waals surface area contributed by atoms with Gasteiger partial charge in [-0.05, 0) is 36.2 Å². The molecule has 25 heavy (non-hydrogen) atoms. The molecule has 1 N–H and O–H groups in total. The molecule has 130 valence electrons. The van der Waals surface area contributed by atoms with Crippen LogP contribution in [0.5, 0.6) is 0 Å². The van der Waals surface area contributed by atoms with Crippen LogP contribution in [0.15, 0.2) is 30.6 Å². The first kappa shape index (κ1) is 17.6. The maximum Gasteiger partial charge on any atom is 0.271 e. The Morgan fingerprint density at radius 1 is 1.24 bits per heavy atom. The third-order valence-electron chi connectivity index (χ3n) is 3.48. The van der Waals surface area contributed by atoms with Gasteiger partial charge in [0.25, 0.3) is 5.91 Å². The van der Waals surface area contributed by atoms with Gasteiger partial charge in [0.2, 0.25) is 0 Å². The van der Waals surface area contributed by atoms with Gasteiger partial charge < -0.3 is 10.1 Å². The minimum Gasteiger partial charge on any atom is -0.385 e. The summed E-state index contributed by atoms with van der Waals surface area (Å²) in [5.41, 5.74) is 2.15. The average molecular weight is 380 g/mol. The van der Waals surface area contributed by atoms with E-state index in [1.807, 2.05) is 0 Å². The Balaban J connectivity index is 1.98. The second kappa shape index (κ2) is 7.77. The number of carbonyl (C=O) groups is 1. The molecule has 0 bridgehead atoms. The fourth-order valence-electron chi connectivity index (χ4n) is 2.37. The zero-order chi connectivity index (χ0) is 17.8. The molecule has 0 saturated carbocycles. The Labute approximate surface area is 153 Å². The molecule has 0 unspecified atom stereocenters. The summed E-state index contributed by atoms with van der Waals surface area (Å²) in [6, 6.07) is 6.78. The highest BCUT2D eigenvalue weighted by atomic mass is 35.5. The van der Waals surface area contributed by atoms with E-state index in [0.29, 0.717) is 40.8 Å². The van der Waals surface area contributed by atoms with E-state index in [2.05, 4.69) is 20.6 Å². The number of methoxy groups -OCH3 is 1. The van der Waals surface area contributed by atoms with Gasteiger partial charge in [-0.25, -0.2) is 0 Å². The van der Waals surface area contributed by atoms with Crippen LogP contribution in [-0.2, 0) is 4.74 Å². The molecule has 3 rings (SSSR count). The summed E-state index contributed by atoms with van der Waals surface area (Å²) in [7, 11) is 1.62. The minimum absolute atomic E-state index is 0.246. The van der Waals surface area contributed by atoms with Crippen LogP contribution < -0.4 is 5.32 Å². The monoisotopic (exact) mass is 379 g/mol. The molecule has 0 aliphatic heterocycles. The normalized spacial score (nSPS) is 11.0. The lowest BCUT2D eigenvalue weighted by Crippen LogP contribution is -2.26. The largest absolute Gasteiger partial charge is 0.385 e. The number of amides is 1. The Kier molecular flexibility index (Phi) is 5.47. The molecule has 0 aliphatic carbocycles. The molecule has 0 atom stereocenters. The smallest absolute Gasteiger partial charge is 0.271 e. The van der Waals surface area contributed by atoms with Gasteiger partial charge >= 0.3 is 0 Å². The number of nitrogens with one attached hydrogen (secondary N) is 1. The standard InChI is InChI=1S/C16H15Cl2N5O2/c1-25-4-2-3-19-16(24)14-8-13(15-21-20-9-23(15)22-14)10-5-11(17)7-12(18)6-10/h5-9H,2-4H2,1H3,(H,19,24). The van der Waals surface area contributed by atoms with Crippen LogP contribution in [0.3, 0.4) is 0 Å². The van der Waals surface area contributed by atoms with Crippen LogP contribution >= 0.6 is 23.2 Å². The lowest BCUT2D eigenvalue weighted by Gasteiger charge is -2.09. The summed E-state index contributed by atoms with van der Waals surface area (Å²) in [5, 5.41) is 15.9. The molecule has 1 aromatic carbocycles. The second-order valence-corrected chi connectivity index (χ2v) is 6.18. The number of hydrogen-bond acceptors (Lipinski definition) is 5. The Morgan fingerprint density at radius 3 is 2.72 bits per heavy atom. The average Bonchev–Trinajstić information content (AvgIpc) is 3.05. The van der Waals surface area contributed by atoms with Crippen LogP contribution in [0.2, 0.25) is 10.0 Å². The molecule has 0 aliphatic rings. The van der Waals surface area contributed by atoms with Crippen molar-refractivity contribution in [1.82, 2.24) is 25.1 Å². The molecular weight excluding hydrogens is 365 g/mol. The van der Waals surface area contributed by atoms with Crippen LogP contribution in [0.25, 0.3) is 16.8 Å². The predicted molar refractivity (Wildman–Crippen MR) is 95.1 cm³/mol. The number of nitrogens with zero attached hydrogens (tertiary/aromatic N) is 4. The van der Waals surface area contributed by atoms with Crippen molar-refractivity contribution in [2.24, 2.45) is 0 Å². The van der Waals surface area contributed by atoms with Crippen LogP contribution in [-0.4, -0.2) is 46.0 Å². The summed E-state index contributed by atoms with van der Waals surface area (Å²) < 4.78 is 6.42. The fraction of sp³-hybridized carbons (Fsp3) is 0.250. The zero-order valence-electron chi connectivity index (χ0n) is 13.4. The number of ether oxygens (including phenoxy) is 1. The highest BCUT2D eigenvalue weighted by Crippen LogP contribution is 2.29. The van der Waals surface area contributed by atoms with Crippen molar-refractivity contribution >= 4 is 34.8 Å². The highest BCUT2D eigenvalue weighted by molar-refractivity contribution is 6.35. The summed E-state index contributed by atoms with van der Waals surface area (Å²) in [4.78, 5) is 12.4. The Hall–Kier alpha value is -2.22. The molecule has 0 spiro atoms. The molecule has 7 nitrogen and oxygen atoms in total. The van der Waals surface area contributed by atoms with E-state index in [0.717, 1.165) is 5.56 Å². The zero-order valence-corrected chi connectivity index (χ0v) is 14.9. The van der Waals surface area contributed by atoms with Crippen molar-refractivity contribution in [2.75, 3.05) is 20.3 Å². The van der Waals surface area contributed by atoms with E-state index in [1.165, 1.54) is 10.8 Å². The third kappa shape index (κ3) is 4.07. The number of hydrogen-bond donors (Lipinski definition) is 1. The van der Waals surface area contributed by atoms with Gasteiger partial charge in [0, 0.05) is 35.9 Å². The lowest BCUT2D eigenvalue weighted by atomic mass is 10.1. The van der Waals surface area contributed by atoms with Gasteiger partial charge in [-0.15, -0.1) is 10.2 Å². The van der Waals surface area contributed by atoms with Gasteiger partial charge in [-0.3, -0.25) is 4.79 Å². The van der Waals surface area contributed by atoms with Crippen molar-refractivity contribution in [3.63, 3.8) is 0 Å². The first-order valence-electron chi connectivity index (χ1n) is 7.53. The third-order valence-corrected chi connectivity index (χ3v) is 3.92. The van der Waals surface area contributed by atoms with E-state index < -0.39 is 0 Å². The number of benzene rings is 1. The highest BCUT2D eigenvalue weighted by Gasteiger charge is 2.15. The number of rotatable bonds is 6. The Morgan fingerprint density at radius 2 is 2.00 bits per heavy atom. The molecule has 9 heteroatoms. The number of fused-ring (bicyclic) bond motifs is 1. The van der Waals surface area contributed by atoms with Crippen LogP contribution in [0, 0.1) is 0 Å². The second-order valence-electron chi connectivity index (χ2n) is 5.30. The summed E-state index contributed by atoms with van der Waals surface area (Å²) in [6.45, 7) is 1.07. The van der Waals surface area contributed by atoms with E-state index in [9.17, 15) is 4.79 Å². The summed E-state index contributed by atoms with van der Waals surface area (Å²) in [6.07, 6.45) is 2.15. The van der Waals surface area contributed by atoms with E-state index in [4.69, 9.17) is 27.9 Å².